The van der Waals surface area contributed by atoms with E-state index >= 15 is 0 Å². The number of hydrogen-bond acceptors (Lipinski definition) is 5. The van der Waals surface area contributed by atoms with Crippen LogP contribution in [0.25, 0.3) is 22.8 Å². The third-order valence-corrected chi connectivity index (χ3v) is 4.04. The molecule has 0 aliphatic heterocycles. The molecule has 0 spiro atoms. The molecule has 4 rings (SSSR count). The van der Waals surface area contributed by atoms with Gasteiger partial charge in [-0.3, -0.25) is 9.78 Å². The molecule has 2 heterocycles. The number of benzene rings is 2. The van der Waals surface area contributed by atoms with Crippen molar-refractivity contribution < 1.29 is 9.32 Å². The summed E-state index contributed by atoms with van der Waals surface area (Å²) in [6.07, 6.45) is 3.41. The summed E-state index contributed by atoms with van der Waals surface area (Å²) in [4.78, 5) is 21.2. The van der Waals surface area contributed by atoms with Gasteiger partial charge in [0.25, 0.3) is 11.8 Å². The van der Waals surface area contributed by atoms with Crippen LogP contribution in [0.2, 0.25) is 0 Å². The van der Waals surface area contributed by atoms with Crippen LogP contribution in [0.1, 0.15) is 15.9 Å². The number of carbonyl (C=O) groups excluding carboxylic acids is 1. The Morgan fingerprint density at radius 2 is 1.78 bits per heavy atom. The summed E-state index contributed by atoms with van der Waals surface area (Å²) in [7, 11) is 0. The predicted octanol–water partition coefficient (Wildman–Crippen LogP) is 3.73. The molecule has 0 atom stereocenters. The van der Waals surface area contributed by atoms with Gasteiger partial charge in [-0.2, -0.15) is 4.98 Å². The molecule has 1 amide bonds. The number of aromatic nitrogens is 3. The van der Waals surface area contributed by atoms with E-state index in [0.717, 1.165) is 11.1 Å². The normalized spacial score (nSPS) is 10.5. The van der Waals surface area contributed by atoms with Gasteiger partial charge in [-0.05, 0) is 23.8 Å². The average molecular weight is 356 g/mol. The number of hydrogen-bond donors (Lipinski definition) is 1. The molecule has 132 valence electrons. The molecule has 0 radical (unpaired) electrons. The molecule has 6 heteroatoms. The molecule has 0 aliphatic rings. The lowest BCUT2D eigenvalue weighted by Gasteiger charge is -2.07. The SMILES string of the molecule is O=C(NCc1cccnc1)c1ccccc1-c1nc(-c2ccccc2)no1. The lowest BCUT2D eigenvalue weighted by molar-refractivity contribution is 0.0951. The summed E-state index contributed by atoms with van der Waals surface area (Å²) in [5.41, 5.74) is 2.85. The Labute approximate surface area is 155 Å². The highest BCUT2D eigenvalue weighted by atomic mass is 16.5. The van der Waals surface area contributed by atoms with Gasteiger partial charge in [0.2, 0.25) is 5.82 Å². The second kappa shape index (κ2) is 7.61. The van der Waals surface area contributed by atoms with E-state index in [-0.39, 0.29) is 5.91 Å². The first-order valence-corrected chi connectivity index (χ1v) is 8.47. The quantitative estimate of drug-likeness (QED) is 0.589. The molecular formula is C21H16N4O2. The van der Waals surface area contributed by atoms with Gasteiger partial charge in [0.1, 0.15) is 0 Å². The molecule has 0 fully saturated rings. The minimum atomic E-state index is -0.214. The largest absolute Gasteiger partial charge is 0.348 e. The van der Waals surface area contributed by atoms with E-state index in [1.807, 2.05) is 48.5 Å². The Morgan fingerprint density at radius 1 is 0.963 bits per heavy atom. The van der Waals surface area contributed by atoms with Gasteiger partial charge in [-0.25, -0.2) is 0 Å². The number of carbonyl (C=O) groups is 1. The van der Waals surface area contributed by atoms with Crippen molar-refractivity contribution in [2.75, 3.05) is 0 Å². The van der Waals surface area contributed by atoms with Crippen LogP contribution in [-0.2, 0) is 6.54 Å². The Hall–Kier alpha value is -3.80. The highest BCUT2D eigenvalue weighted by Gasteiger charge is 2.17. The van der Waals surface area contributed by atoms with Gasteiger partial charge in [-0.15, -0.1) is 0 Å². The fraction of sp³-hybridized carbons (Fsp3) is 0.0476. The van der Waals surface area contributed by atoms with E-state index in [2.05, 4.69) is 20.4 Å². The minimum absolute atomic E-state index is 0.214. The minimum Gasteiger partial charge on any atom is -0.348 e. The van der Waals surface area contributed by atoms with Gasteiger partial charge in [0.15, 0.2) is 0 Å². The van der Waals surface area contributed by atoms with Crippen molar-refractivity contribution in [3.63, 3.8) is 0 Å². The zero-order valence-electron chi connectivity index (χ0n) is 14.4. The molecule has 0 saturated heterocycles. The van der Waals surface area contributed by atoms with E-state index in [4.69, 9.17) is 4.52 Å². The molecule has 0 saturated carbocycles. The zero-order valence-corrected chi connectivity index (χ0v) is 14.4. The standard InChI is InChI=1S/C21H16N4O2/c26-20(23-14-15-7-6-12-22-13-15)17-10-4-5-11-18(17)21-24-19(25-27-21)16-8-2-1-3-9-16/h1-13H,14H2,(H,23,26). The molecule has 6 nitrogen and oxygen atoms in total. The summed E-state index contributed by atoms with van der Waals surface area (Å²) in [6, 6.07) is 20.4. The van der Waals surface area contributed by atoms with Crippen LogP contribution in [0.4, 0.5) is 0 Å². The Balaban J connectivity index is 1.58. The second-order valence-electron chi connectivity index (χ2n) is 5.88. The van der Waals surface area contributed by atoms with Crippen LogP contribution in [0.5, 0.6) is 0 Å². The van der Waals surface area contributed by atoms with Crippen LogP contribution in [0, 0.1) is 0 Å². The fourth-order valence-electron chi connectivity index (χ4n) is 2.69. The van der Waals surface area contributed by atoms with Gasteiger partial charge in [0.05, 0.1) is 11.1 Å². The first-order chi connectivity index (χ1) is 13.3. The van der Waals surface area contributed by atoms with Crippen LogP contribution < -0.4 is 5.32 Å². The molecular weight excluding hydrogens is 340 g/mol. The number of rotatable bonds is 5. The van der Waals surface area contributed by atoms with Crippen molar-refractivity contribution in [3.05, 3.63) is 90.3 Å². The van der Waals surface area contributed by atoms with Gasteiger partial charge in [-0.1, -0.05) is 53.7 Å². The Morgan fingerprint density at radius 3 is 2.59 bits per heavy atom. The van der Waals surface area contributed by atoms with Crippen molar-refractivity contribution in [1.82, 2.24) is 20.4 Å². The van der Waals surface area contributed by atoms with E-state index in [0.29, 0.717) is 29.4 Å². The van der Waals surface area contributed by atoms with Crippen molar-refractivity contribution in [2.24, 2.45) is 0 Å². The molecule has 0 bridgehead atoms. The fourth-order valence-corrected chi connectivity index (χ4v) is 2.69. The van der Waals surface area contributed by atoms with Gasteiger partial charge >= 0.3 is 0 Å². The van der Waals surface area contributed by atoms with Crippen LogP contribution in [0.15, 0.2) is 83.6 Å². The van der Waals surface area contributed by atoms with Crippen molar-refractivity contribution in [1.29, 1.82) is 0 Å². The summed E-state index contributed by atoms with van der Waals surface area (Å²) in [5, 5.41) is 6.93. The Kier molecular flexibility index (Phi) is 4.70. The highest BCUT2D eigenvalue weighted by molar-refractivity contribution is 5.99. The monoisotopic (exact) mass is 356 g/mol. The highest BCUT2D eigenvalue weighted by Crippen LogP contribution is 2.25. The van der Waals surface area contributed by atoms with Crippen LogP contribution in [-0.4, -0.2) is 21.0 Å². The van der Waals surface area contributed by atoms with Gasteiger partial charge in [0, 0.05) is 24.5 Å². The molecule has 4 aromatic rings. The molecule has 0 unspecified atom stereocenters. The average Bonchev–Trinajstić information content (AvgIpc) is 3.23. The van der Waals surface area contributed by atoms with E-state index in [9.17, 15) is 4.79 Å². The molecule has 1 N–H and O–H groups in total. The number of amides is 1. The molecule has 27 heavy (non-hydrogen) atoms. The van der Waals surface area contributed by atoms with Crippen molar-refractivity contribution in [3.8, 4) is 22.8 Å². The van der Waals surface area contributed by atoms with E-state index in [1.165, 1.54) is 0 Å². The third kappa shape index (κ3) is 3.74. The van der Waals surface area contributed by atoms with E-state index < -0.39 is 0 Å². The maximum Gasteiger partial charge on any atom is 0.259 e. The number of pyridine rings is 1. The first kappa shape index (κ1) is 16.7. The zero-order chi connectivity index (χ0) is 18.5. The maximum absolute atomic E-state index is 12.7. The first-order valence-electron chi connectivity index (χ1n) is 8.47. The molecule has 2 aromatic heterocycles. The summed E-state index contributed by atoms with van der Waals surface area (Å²) < 4.78 is 5.41. The molecule has 2 aromatic carbocycles. The third-order valence-electron chi connectivity index (χ3n) is 4.04. The number of nitrogens with zero attached hydrogens (tertiary/aromatic N) is 3. The predicted molar refractivity (Wildman–Crippen MR) is 101 cm³/mol. The van der Waals surface area contributed by atoms with Crippen molar-refractivity contribution >= 4 is 5.91 Å². The van der Waals surface area contributed by atoms with Gasteiger partial charge < -0.3 is 9.84 Å². The number of nitrogens with one attached hydrogen (secondary N) is 1. The summed E-state index contributed by atoms with van der Waals surface area (Å²) in [5.74, 6) is 0.575. The van der Waals surface area contributed by atoms with Crippen LogP contribution >= 0.6 is 0 Å². The Bertz CT molecular complexity index is 1050. The van der Waals surface area contributed by atoms with Crippen LogP contribution in [0.3, 0.4) is 0 Å². The maximum atomic E-state index is 12.7. The molecule has 0 aliphatic carbocycles. The smallest absolute Gasteiger partial charge is 0.259 e. The summed E-state index contributed by atoms with van der Waals surface area (Å²) in [6.45, 7) is 0.389. The lowest BCUT2D eigenvalue weighted by Crippen LogP contribution is -2.23. The lowest BCUT2D eigenvalue weighted by atomic mass is 10.1. The topological polar surface area (TPSA) is 80.9 Å². The van der Waals surface area contributed by atoms with E-state index in [1.54, 1.807) is 30.6 Å². The second-order valence-corrected chi connectivity index (χ2v) is 5.88. The summed E-state index contributed by atoms with van der Waals surface area (Å²) >= 11 is 0. The van der Waals surface area contributed by atoms with Crippen molar-refractivity contribution in [2.45, 2.75) is 6.54 Å².